The summed E-state index contributed by atoms with van der Waals surface area (Å²) >= 11 is 0. The smallest absolute Gasteiger partial charge is 0.240 e. The average Bonchev–Trinajstić information content (AvgIpc) is 2.41. The van der Waals surface area contributed by atoms with Crippen LogP contribution in [0.1, 0.15) is 38.7 Å². The largest absolute Gasteiger partial charge is 0.313 e. The fourth-order valence-corrected chi connectivity index (χ4v) is 3.11. The molecule has 0 saturated heterocycles. The zero-order valence-corrected chi connectivity index (χ0v) is 12.9. The Labute approximate surface area is 120 Å². The molecule has 0 heterocycles. The van der Waals surface area contributed by atoms with Crippen molar-refractivity contribution in [1.82, 2.24) is 10.0 Å². The number of unbranched alkanes of at least 4 members (excludes halogenated alkanes) is 1. The number of hydrogen-bond acceptors (Lipinski definition) is 3. The van der Waals surface area contributed by atoms with E-state index in [1.807, 2.05) is 13.8 Å². The quantitative estimate of drug-likeness (QED) is 0.689. The molecule has 0 amide bonds. The number of halogens is 1. The molecule has 4 nitrogen and oxygen atoms in total. The summed E-state index contributed by atoms with van der Waals surface area (Å²) in [5.74, 6) is -0.542. The predicted octanol–water partition coefficient (Wildman–Crippen LogP) is 2.40. The normalized spacial score (nSPS) is 11.8. The predicted molar refractivity (Wildman–Crippen MR) is 78.5 cm³/mol. The van der Waals surface area contributed by atoms with Crippen LogP contribution in [-0.4, -0.2) is 21.5 Å². The summed E-state index contributed by atoms with van der Waals surface area (Å²) in [5, 5.41) is 3.14. The second kappa shape index (κ2) is 8.34. The zero-order chi connectivity index (χ0) is 15.0. The van der Waals surface area contributed by atoms with Crippen LogP contribution in [0, 0.1) is 5.82 Å². The third kappa shape index (κ3) is 5.19. The van der Waals surface area contributed by atoms with Gasteiger partial charge in [0.15, 0.2) is 0 Å². The third-order valence-corrected chi connectivity index (χ3v) is 4.43. The number of nitrogens with one attached hydrogen (secondary N) is 2. The van der Waals surface area contributed by atoms with Gasteiger partial charge in [-0.1, -0.05) is 26.3 Å². The Balaban J connectivity index is 2.92. The van der Waals surface area contributed by atoms with Crippen molar-refractivity contribution in [3.05, 3.63) is 29.6 Å². The molecule has 0 aliphatic heterocycles. The van der Waals surface area contributed by atoms with E-state index >= 15 is 0 Å². The van der Waals surface area contributed by atoms with E-state index in [4.69, 9.17) is 0 Å². The van der Waals surface area contributed by atoms with Gasteiger partial charge in [-0.15, -0.1) is 0 Å². The number of rotatable bonds is 9. The lowest BCUT2D eigenvalue weighted by Gasteiger charge is -2.12. The van der Waals surface area contributed by atoms with Crippen LogP contribution in [0.5, 0.6) is 0 Å². The first-order valence-electron chi connectivity index (χ1n) is 7.00. The molecule has 114 valence electrons. The molecular formula is C14H23FN2O2S. The Morgan fingerprint density at radius 3 is 2.55 bits per heavy atom. The van der Waals surface area contributed by atoms with Crippen molar-refractivity contribution < 1.29 is 12.8 Å². The molecule has 0 unspecified atom stereocenters. The van der Waals surface area contributed by atoms with E-state index in [1.54, 1.807) is 0 Å². The average molecular weight is 302 g/mol. The standard InChI is InChI=1S/C14H23FN2O2S/c1-3-5-9-17-20(18,19)14-10-13(15)7-6-12(14)11-16-8-4-2/h6-7,10,16-17H,3-5,8-9,11H2,1-2H3. The lowest BCUT2D eigenvalue weighted by Crippen LogP contribution is -2.27. The monoisotopic (exact) mass is 302 g/mol. The number of sulfonamides is 1. The van der Waals surface area contributed by atoms with Crippen LogP contribution in [0.4, 0.5) is 4.39 Å². The summed E-state index contributed by atoms with van der Waals surface area (Å²) in [6.07, 6.45) is 2.62. The van der Waals surface area contributed by atoms with Crippen molar-refractivity contribution in [2.75, 3.05) is 13.1 Å². The Bertz CT molecular complexity index is 518. The Hall–Kier alpha value is -0.980. The molecule has 0 fully saturated rings. The number of hydrogen-bond donors (Lipinski definition) is 2. The van der Waals surface area contributed by atoms with Crippen LogP contribution >= 0.6 is 0 Å². The third-order valence-electron chi connectivity index (χ3n) is 2.88. The van der Waals surface area contributed by atoms with Crippen LogP contribution in [0.15, 0.2) is 23.1 Å². The highest BCUT2D eigenvalue weighted by Gasteiger charge is 2.18. The molecule has 1 rings (SSSR count). The van der Waals surface area contributed by atoms with Gasteiger partial charge < -0.3 is 5.32 Å². The van der Waals surface area contributed by atoms with Gasteiger partial charge in [0.05, 0.1) is 4.90 Å². The minimum absolute atomic E-state index is 0.0252. The van der Waals surface area contributed by atoms with Crippen molar-refractivity contribution in [3.8, 4) is 0 Å². The van der Waals surface area contributed by atoms with Crippen molar-refractivity contribution in [2.45, 2.75) is 44.6 Å². The van der Waals surface area contributed by atoms with Gasteiger partial charge in [-0.25, -0.2) is 17.5 Å². The maximum absolute atomic E-state index is 13.3. The minimum Gasteiger partial charge on any atom is -0.313 e. The summed E-state index contributed by atoms with van der Waals surface area (Å²) in [7, 11) is -3.65. The lowest BCUT2D eigenvalue weighted by molar-refractivity contribution is 0.570. The molecule has 0 bridgehead atoms. The first-order chi connectivity index (χ1) is 9.51. The Morgan fingerprint density at radius 2 is 1.90 bits per heavy atom. The van der Waals surface area contributed by atoms with Gasteiger partial charge in [-0.2, -0.15) is 0 Å². The molecule has 0 spiro atoms. The second-order valence-corrected chi connectivity index (χ2v) is 6.42. The number of benzene rings is 1. The molecule has 0 atom stereocenters. The van der Waals surface area contributed by atoms with E-state index < -0.39 is 15.8 Å². The Kier molecular flexibility index (Phi) is 7.12. The van der Waals surface area contributed by atoms with Gasteiger partial charge >= 0.3 is 0 Å². The highest BCUT2D eigenvalue weighted by molar-refractivity contribution is 7.89. The molecule has 1 aromatic rings. The SMILES string of the molecule is CCCCNS(=O)(=O)c1cc(F)ccc1CNCCC. The van der Waals surface area contributed by atoms with Crippen LogP contribution in [0.2, 0.25) is 0 Å². The first kappa shape index (κ1) is 17.1. The second-order valence-electron chi connectivity index (χ2n) is 4.68. The van der Waals surface area contributed by atoms with Gasteiger partial charge in [-0.05, 0) is 37.1 Å². The zero-order valence-electron chi connectivity index (χ0n) is 12.1. The van der Waals surface area contributed by atoms with E-state index in [1.165, 1.54) is 12.1 Å². The molecule has 0 aliphatic carbocycles. The first-order valence-corrected chi connectivity index (χ1v) is 8.48. The summed E-state index contributed by atoms with van der Waals surface area (Å²) in [4.78, 5) is 0.0252. The van der Waals surface area contributed by atoms with Crippen LogP contribution < -0.4 is 10.0 Å². The maximum Gasteiger partial charge on any atom is 0.240 e. The fraction of sp³-hybridized carbons (Fsp3) is 0.571. The van der Waals surface area contributed by atoms with E-state index in [2.05, 4.69) is 10.0 Å². The van der Waals surface area contributed by atoms with Crippen LogP contribution in [-0.2, 0) is 16.6 Å². The van der Waals surface area contributed by atoms with E-state index in [9.17, 15) is 12.8 Å². The molecule has 0 saturated carbocycles. The minimum atomic E-state index is -3.65. The fourth-order valence-electron chi connectivity index (χ4n) is 1.79. The van der Waals surface area contributed by atoms with E-state index in [-0.39, 0.29) is 4.90 Å². The van der Waals surface area contributed by atoms with E-state index in [0.717, 1.165) is 31.9 Å². The van der Waals surface area contributed by atoms with Gasteiger partial charge in [0.25, 0.3) is 0 Å². The maximum atomic E-state index is 13.3. The van der Waals surface area contributed by atoms with Crippen molar-refractivity contribution in [3.63, 3.8) is 0 Å². The van der Waals surface area contributed by atoms with Crippen molar-refractivity contribution >= 4 is 10.0 Å². The van der Waals surface area contributed by atoms with Crippen molar-refractivity contribution in [1.29, 1.82) is 0 Å². The highest BCUT2D eigenvalue weighted by Crippen LogP contribution is 2.17. The molecule has 20 heavy (non-hydrogen) atoms. The molecule has 2 N–H and O–H groups in total. The molecular weight excluding hydrogens is 279 g/mol. The van der Waals surface area contributed by atoms with Gasteiger partial charge in [0.2, 0.25) is 10.0 Å². The Morgan fingerprint density at radius 1 is 1.15 bits per heavy atom. The molecule has 0 aromatic heterocycles. The summed E-state index contributed by atoms with van der Waals surface area (Å²) in [6, 6.07) is 3.89. The molecule has 6 heteroatoms. The molecule has 0 radical (unpaired) electrons. The topological polar surface area (TPSA) is 58.2 Å². The van der Waals surface area contributed by atoms with Gasteiger partial charge in [-0.3, -0.25) is 0 Å². The van der Waals surface area contributed by atoms with Gasteiger partial charge in [0.1, 0.15) is 5.82 Å². The van der Waals surface area contributed by atoms with E-state index in [0.29, 0.717) is 18.7 Å². The summed E-state index contributed by atoms with van der Waals surface area (Å²) in [6.45, 7) is 5.59. The van der Waals surface area contributed by atoms with Crippen LogP contribution in [0.25, 0.3) is 0 Å². The van der Waals surface area contributed by atoms with Crippen LogP contribution in [0.3, 0.4) is 0 Å². The summed E-state index contributed by atoms with van der Waals surface area (Å²) in [5.41, 5.74) is 0.587. The van der Waals surface area contributed by atoms with Gasteiger partial charge in [0, 0.05) is 13.1 Å². The molecule has 1 aromatic carbocycles. The van der Waals surface area contributed by atoms with Crippen molar-refractivity contribution in [2.24, 2.45) is 0 Å². The molecule has 0 aliphatic rings. The lowest BCUT2D eigenvalue weighted by atomic mass is 10.2. The highest BCUT2D eigenvalue weighted by atomic mass is 32.2. The summed E-state index contributed by atoms with van der Waals surface area (Å²) < 4.78 is 40.3.